The number of nitrogens with two attached hydrogens (primary N) is 2. The zero-order chi connectivity index (χ0) is 31.3. The Bertz CT molecular complexity index is 1700. The fourth-order valence-electron chi connectivity index (χ4n) is 5.66. The van der Waals surface area contributed by atoms with E-state index < -0.39 is 15.9 Å². The van der Waals surface area contributed by atoms with Gasteiger partial charge in [0, 0.05) is 29.5 Å². The summed E-state index contributed by atoms with van der Waals surface area (Å²) < 4.78 is 23.2. The van der Waals surface area contributed by atoms with Gasteiger partial charge in [-0.05, 0) is 109 Å². The van der Waals surface area contributed by atoms with Crippen LogP contribution in [0.25, 0.3) is 22.5 Å². The van der Waals surface area contributed by atoms with Gasteiger partial charge in [-0.15, -0.1) is 0 Å². The standard InChI is InChI=1S/C32H35ClN6O4S/c33-32-37-30(38-39-32)25-9-13-27(14-10-25)36-31(41)26(18-29(40)24-7-3-21(19-34)4-8-24)17-20-1-5-22(6-2-20)23-11-15-28(16-12-23)44(35,42)43/h1-2,5-6,9-16,21,24,26H,3-4,7-8,17-19,34H2,(H,36,41)(H2,35,42,43)(H,37,38,39)/t21?,24?,26-/m1/s1. The predicted octanol–water partition coefficient (Wildman–Crippen LogP) is 4.96. The number of amides is 1. The van der Waals surface area contributed by atoms with Crippen LogP contribution in [0.5, 0.6) is 0 Å². The number of hydrogen-bond acceptors (Lipinski definition) is 7. The number of sulfonamides is 1. The van der Waals surface area contributed by atoms with Crippen molar-refractivity contribution in [3.63, 3.8) is 0 Å². The van der Waals surface area contributed by atoms with Gasteiger partial charge in [0.15, 0.2) is 5.82 Å². The molecule has 0 radical (unpaired) electrons. The van der Waals surface area contributed by atoms with Gasteiger partial charge in [0.2, 0.25) is 21.2 Å². The minimum absolute atomic E-state index is 0.0461. The Labute approximate surface area is 261 Å². The molecule has 1 heterocycles. The third-order valence-corrected chi connectivity index (χ3v) is 9.37. The van der Waals surface area contributed by atoms with Gasteiger partial charge in [-0.1, -0.05) is 36.4 Å². The highest BCUT2D eigenvalue weighted by Crippen LogP contribution is 2.31. The Morgan fingerprint density at radius 2 is 1.50 bits per heavy atom. The number of nitrogens with zero attached hydrogens (tertiary/aromatic N) is 2. The summed E-state index contributed by atoms with van der Waals surface area (Å²) in [5.74, 6) is 0.173. The third kappa shape index (κ3) is 7.97. The van der Waals surface area contributed by atoms with Crippen LogP contribution in [0.15, 0.2) is 77.7 Å². The van der Waals surface area contributed by atoms with Crippen molar-refractivity contribution in [2.24, 2.45) is 28.6 Å². The van der Waals surface area contributed by atoms with Crippen molar-refractivity contribution >= 4 is 39.0 Å². The van der Waals surface area contributed by atoms with E-state index in [2.05, 4.69) is 20.5 Å². The molecule has 0 spiro atoms. The molecule has 1 atom stereocenters. The van der Waals surface area contributed by atoms with E-state index in [4.69, 9.17) is 22.5 Å². The van der Waals surface area contributed by atoms with Crippen LogP contribution < -0.4 is 16.2 Å². The molecule has 10 nitrogen and oxygen atoms in total. The molecule has 5 rings (SSSR count). The Morgan fingerprint density at radius 3 is 2.05 bits per heavy atom. The molecule has 0 unspecified atom stereocenters. The minimum atomic E-state index is -3.77. The molecular formula is C32H35ClN6O4S. The number of H-pyrrole nitrogens is 1. The molecule has 0 aliphatic heterocycles. The Hall–Kier alpha value is -3.90. The van der Waals surface area contributed by atoms with Crippen molar-refractivity contribution in [3.8, 4) is 22.5 Å². The van der Waals surface area contributed by atoms with Crippen molar-refractivity contribution in [2.75, 3.05) is 11.9 Å². The first-order valence-electron chi connectivity index (χ1n) is 14.5. The summed E-state index contributed by atoms with van der Waals surface area (Å²) in [5, 5.41) is 15.0. The van der Waals surface area contributed by atoms with E-state index in [1.165, 1.54) is 12.1 Å². The van der Waals surface area contributed by atoms with Crippen LogP contribution in [0, 0.1) is 17.8 Å². The number of primary sulfonamides is 1. The van der Waals surface area contributed by atoms with E-state index in [0.717, 1.165) is 47.9 Å². The molecule has 6 N–H and O–H groups in total. The molecule has 0 saturated heterocycles. The highest BCUT2D eigenvalue weighted by molar-refractivity contribution is 7.89. The monoisotopic (exact) mass is 634 g/mol. The number of Topliss-reactive ketones (excluding diaryl/α,β-unsaturated/α-hetero) is 1. The lowest BCUT2D eigenvalue weighted by Gasteiger charge is -2.27. The number of aromatic nitrogens is 3. The number of hydrogen-bond donors (Lipinski definition) is 4. The van der Waals surface area contributed by atoms with E-state index in [1.54, 1.807) is 36.4 Å². The number of ketones is 1. The molecule has 1 amide bonds. The molecule has 3 aromatic carbocycles. The number of nitrogens with one attached hydrogen (secondary N) is 2. The molecule has 1 fully saturated rings. The molecule has 230 valence electrons. The Kier molecular flexibility index (Phi) is 9.90. The van der Waals surface area contributed by atoms with Crippen molar-refractivity contribution in [2.45, 2.75) is 43.4 Å². The summed E-state index contributed by atoms with van der Waals surface area (Å²) >= 11 is 5.84. The number of carbonyl (C=O) groups excluding carboxylic acids is 2. The average Bonchev–Trinajstić information content (AvgIpc) is 3.47. The SMILES string of the molecule is NCC1CCC(C(=O)C[C@@H](Cc2ccc(-c3ccc(S(N)(=O)=O)cc3)cc2)C(=O)Nc2ccc(-c3n[nH]c(Cl)n3)cc2)CC1. The molecule has 44 heavy (non-hydrogen) atoms. The summed E-state index contributed by atoms with van der Waals surface area (Å²) in [6.45, 7) is 0.639. The van der Waals surface area contributed by atoms with Crippen LogP contribution in [0.2, 0.25) is 5.28 Å². The maximum absolute atomic E-state index is 13.6. The number of aromatic amines is 1. The third-order valence-electron chi connectivity index (χ3n) is 8.27. The van der Waals surface area contributed by atoms with E-state index in [-0.39, 0.29) is 34.2 Å². The van der Waals surface area contributed by atoms with Crippen LogP contribution >= 0.6 is 11.6 Å². The molecule has 1 saturated carbocycles. The maximum atomic E-state index is 13.6. The van der Waals surface area contributed by atoms with E-state index in [0.29, 0.717) is 30.4 Å². The summed E-state index contributed by atoms with van der Waals surface area (Å²) in [7, 11) is -3.77. The van der Waals surface area contributed by atoms with E-state index in [9.17, 15) is 18.0 Å². The first kappa shape index (κ1) is 31.5. The number of benzene rings is 3. The normalized spacial score (nSPS) is 17.6. The van der Waals surface area contributed by atoms with Gasteiger partial charge in [0.05, 0.1) is 4.90 Å². The number of anilines is 1. The van der Waals surface area contributed by atoms with Crippen molar-refractivity contribution in [1.29, 1.82) is 0 Å². The van der Waals surface area contributed by atoms with Crippen molar-refractivity contribution in [1.82, 2.24) is 15.2 Å². The molecule has 1 aliphatic carbocycles. The largest absolute Gasteiger partial charge is 0.330 e. The van der Waals surface area contributed by atoms with Crippen LogP contribution in [0.3, 0.4) is 0 Å². The van der Waals surface area contributed by atoms with Gasteiger partial charge in [0.1, 0.15) is 5.78 Å². The highest BCUT2D eigenvalue weighted by Gasteiger charge is 2.30. The van der Waals surface area contributed by atoms with Crippen LogP contribution in [-0.4, -0.2) is 41.8 Å². The van der Waals surface area contributed by atoms with Gasteiger partial charge in [-0.2, -0.15) is 10.1 Å². The quantitative estimate of drug-likeness (QED) is 0.180. The zero-order valence-electron chi connectivity index (χ0n) is 24.1. The van der Waals surface area contributed by atoms with Gasteiger partial charge in [-0.25, -0.2) is 18.7 Å². The number of carbonyl (C=O) groups is 2. The van der Waals surface area contributed by atoms with Crippen LogP contribution in [-0.2, 0) is 26.0 Å². The van der Waals surface area contributed by atoms with Gasteiger partial charge in [-0.3, -0.25) is 9.59 Å². The van der Waals surface area contributed by atoms with Crippen LogP contribution in [0.1, 0.15) is 37.7 Å². The van der Waals surface area contributed by atoms with Crippen molar-refractivity contribution in [3.05, 3.63) is 83.6 Å². The summed E-state index contributed by atoms with van der Waals surface area (Å²) in [6, 6.07) is 21.1. The Balaban J connectivity index is 1.30. The van der Waals surface area contributed by atoms with Crippen molar-refractivity contribution < 1.29 is 18.0 Å². The molecule has 4 aromatic rings. The molecular weight excluding hydrogens is 600 g/mol. The fourth-order valence-corrected chi connectivity index (χ4v) is 6.30. The smallest absolute Gasteiger partial charge is 0.238 e. The lowest BCUT2D eigenvalue weighted by molar-refractivity contribution is -0.129. The summed E-state index contributed by atoms with van der Waals surface area (Å²) in [5.41, 5.74) is 9.80. The molecule has 0 bridgehead atoms. The first-order valence-corrected chi connectivity index (χ1v) is 16.5. The predicted molar refractivity (Wildman–Crippen MR) is 170 cm³/mol. The Morgan fingerprint density at radius 1 is 0.909 bits per heavy atom. The number of rotatable bonds is 11. The summed E-state index contributed by atoms with van der Waals surface area (Å²) in [6.07, 6.45) is 4.02. The van der Waals surface area contributed by atoms with Gasteiger partial charge in [0.25, 0.3) is 0 Å². The molecule has 12 heteroatoms. The van der Waals surface area contributed by atoms with E-state index in [1.807, 2.05) is 24.3 Å². The lowest BCUT2D eigenvalue weighted by Crippen LogP contribution is -2.31. The molecule has 1 aromatic heterocycles. The lowest BCUT2D eigenvalue weighted by atomic mass is 9.77. The second-order valence-electron chi connectivity index (χ2n) is 11.3. The second kappa shape index (κ2) is 13.8. The zero-order valence-corrected chi connectivity index (χ0v) is 25.7. The highest BCUT2D eigenvalue weighted by atomic mass is 35.5. The maximum Gasteiger partial charge on any atom is 0.238 e. The van der Waals surface area contributed by atoms with Gasteiger partial charge < -0.3 is 11.1 Å². The van der Waals surface area contributed by atoms with Gasteiger partial charge >= 0.3 is 0 Å². The minimum Gasteiger partial charge on any atom is -0.330 e. The first-order chi connectivity index (χ1) is 21.1. The average molecular weight is 635 g/mol. The fraction of sp³-hybridized carbons (Fsp3) is 0.312. The number of halogens is 1. The summed E-state index contributed by atoms with van der Waals surface area (Å²) in [4.78, 5) is 31.2. The van der Waals surface area contributed by atoms with Crippen LogP contribution in [0.4, 0.5) is 5.69 Å². The topological polar surface area (TPSA) is 174 Å². The second-order valence-corrected chi connectivity index (χ2v) is 13.2. The van der Waals surface area contributed by atoms with E-state index >= 15 is 0 Å². The molecule has 1 aliphatic rings.